The van der Waals surface area contributed by atoms with Crippen LogP contribution in [0.4, 0.5) is 10.1 Å². The fourth-order valence-corrected chi connectivity index (χ4v) is 2.55. The van der Waals surface area contributed by atoms with Gasteiger partial charge in [0.1, 0.15) is 5.82 Å². The molecule has 0 heterocycles. The number of amides is 1. The lowest BCUT2D eigenvalue weighted by atomic mass is 10.1. The van der Waals surface area contributed by atoms with Crippen LogP contribution in [0.3, 0.4) is 0 Å². The topological polar surface area (TPSA) is 72.2 Å². The highest BCUT2D eigenvalue weighted by molar-refractivity contribution is 7.98. The zero-order valence-electron chi connectivity index (χ0n) is 11.7. The summed E-state index contributed by atoms with van der Waals surface area (Å²) in [6.45, 7) is 0.0860. The molecule has 0 radical (unpaired) electrons. The van der Waals surface area contributed by atoms with Gasteiger partial charge in [0.15, 0.2) is 0 Å². The van der Waals surface area contributed by atoms with Crippen molar-refractivity contribution in [3.8, 4) is 0 Å². The second-order valence-electron chi connectivity index (χ2n) is 4.43. The van der Waals surface area contributed by atoms with Crippen molar-refractivity contribution in [1.82, 2.24) is 5.32 Å². The van der Waals surface area contributed by atoms with E-state index in [0.717, 1.165) is 0 Å². The van der Waals surface area contributed by atoms with Crippen molar-refractivity contribution in [3.05, 3.63) is 69.5 Å². The summed E-state index contributed by atoms with van der Waals surface area (Å²) in [5, 5.41) is 13.3. The summed E-state index contributed by atoms with van der Waals surface area (Å²) in [6, 6.07) is 10.4. The first kappa shape index (κ1) is 16.0. The van der Waals surface area contributed by atoms with Crippen LogP contribution in [0.2, 0.25) is 0 Å². The minimum atomic E-state index is -0.594. The molecule has 2 rings (SSSR count). The Balaban J connectivity index is 2.14. The van der Waals surface area contributed by atoms with E-state index < -0.39 is 16.6 Å². The average molecular weight is 320 g/mol. The third kappa shape index (κ3) is 3.62. The Morgan fingerprint density at radius 2 is 2.05 bits per heavy atom. The van der Waals surface area contributed by atoms with Gasteiger partial charge in [-0.25, -0.2) is 4.39 Å². The Morgan fingerprint density at radius 1 is 1.32 bits per heavy atom. The van der Waals surface area contributed by atoms with Crippen molar-refractivity contribution >= 4 is 23.4 Å². The number of nitro groups is 1. The zero-order valence-corrected chi connectivity index (χ0v) is 12.5. The molecule has 0 fully saturated rings. The van der Waals surface area contributed by atoms with Gasteiger partial charge >= 0.3 is 0 Å². The molecule has 2 aromatic rings. The van der Waals surface area contributed by atoms with Gasteiger partial charge in [0.2, 0.25) is 0 Å². The number of thioether (sulfide) groups is 1. The predicted octanol–water partition coefficient (Wildman–Crippen LogP) is 3.39. The van der Waals surface area contributed by atoms with E-state index in [1.165, 1.54) is 36.0 Å². The molecule has 0 aliphatic carbocycles. The standard InChI is InChI=1S/C15H13FN2O3S/c1-22-13-7-3-6-12(16)14(13)15(19)17-9-10-4-2-5-11(8-10)18(20)21/h2-8H,9H2,1H3,(H,17,19). The summed E-state index contributed by atoms with van der Waals surface area (Å²) in [6.07, 6.45) is 1.76. The molecule has 1 N–H and O–H groups in total. The zero-order chi connectivity index (χ0) is 16.1. The number of rotatable bonds is 5. The molecule has 7 heteroatoms. The normalized spacial score (nSPS) is 10.3. The van der Waals surface area contributed by atoms with Gasteiger partial charge in [-0.15, -0.1) is 11.8 Å². The SMILES string of the molecule is CSc1cccc(F)c1C(=O)NCc1cccc([N+](=O)[O-])c1. The lowest BCUT2D eigenvalue weighted by Crippen LogP contribution is -2.24. The highest BCUT2D eigenvalue weighted by atomic mass is 32.2. The molecule has 0 unspecified atom stereocenters. The minimum absolute atomic E-state index is 0.0135. The fraction of sp³-hybridized carbons (Fsp3) is 0.133. The van der Waals surface area contributed by atoms with Crippen molar-refractivity contribution in [3.63, 3.8) is 0 Å². The molecular formula is C15H13FN2O3S. The second-order valence-corrected chi connectivity index (χ2v) is 5.27. The van der Waals surface area contributed by atoms with E-state index in [2.05, 4.69) is 5.32 Å². The van der Waals surface area contributed by atoms with E-state index in [9.17, 15) is 19.3 Å². The van der Waals surface area contributed by atoms with Crippen LogP contribution in [0.15, 0.2) is 47.4 Å². The molecule has 114 valence electrons. The van der Waals surface area contributed by atoms with E-state index >= 15 is 0 Å². The Hall–Kier alpha value is -2.41. The first-order chi connectivity index (χ1) is 10.5. The van der Waals surface area contributed by atoms with Gasteiger partial charge in [-0.2, -0.15) is 0 Å². The van der Waals surface area contributed by atoms with E-state index in [1.807, 2.05) is 0 Å². The summed E-state index contributed by atoms with van der Waals surface area (Å²) in [4.78, 5) is 22.9. The summed E-state index contributed by atoms with van der Waals surface area (Å²) in [5.74, 6) is -1.14. The smallest absolute Gasteiger partial charge is 0.269 e. The third-order valence-electron chi connectivity index (χ3n) is 3.00. The molecule has 22 heavy (non-hydrogen) atoms. The molecular weight excluding hydrogens is 307 g/mol. The largest absolute Gasteiger partial charge is 0.348 e. The van der Waals surface area contributed by atoms with Gasteiger partial charge in [0, 0.05) is 23.6 Å². The summed E-state index contributed by atoms with van der Waals surface area (Å²) in [7, 11) is 0. The quantitative estimate of drug-likeness (QED) is 0.521. The van der Waals surface area contributed by atoms with Gasteiger partial charge in [-0.1, -0.05) is 18.2 Å². The monoisotopic (exact) mass is 320 g/mol. The summed E-state index contributed by atoms with van der Waals surface area (Å²) < 4.78 is 13.8. The maximum atomic E-state index is 13.8. The first-order valence-corrected chi connectivity index (χ1v) is 7.59. The van der Waals surface area contributed by atoms with Crippen molar-refractivity contribution < 1.29 is 14.1 Å². The highest BCUT2D eigenvalue weighted by Crippen LogP contribution is 2.22. The molecule has 0 bridgehead atoms. The van der Waals surface area contributed by atoms with Crippen LogP contribution in [0, 0.1) is 15.9 Å². The lowest BCUT2D eigenvalue weighted by Gasteiger charge is -2.09. The van der Waals surface area contributed by atoms with Crippen molar-refractivity contribution in [2.75, 3.05) is 6.26 Å². The Labute approximate surface area is 130 Å². The number of benzene rings is 2. The Bertz CT molecular complexity index is 722. The van der Waals surface area contributed by atoms with Crippen molar-refractivity contribution in [2.24, 2.45) is 0 Å². The highest BCUT2D eigenvalue weighted by Gasteiger charge is 2.16. The molecule has 5 nitrogen and oxygen atoms in total. The van der Waals surface area contributed by atoms with Crippen LogP contribution in [0.5, 0.6) is 0 Å². The minimum Gasteiger partial charge on any atom is -0.348 e. The van der Waals surface area contributed by atoms with E-state index in [-0.39, 0.29) is 17.8 Å². The van der Waals surface area contributed by atoms with Gasteiger partial charge in [-0.3, -0.25) is 14.9 Å². The van der Waals surface area contributed by atoms with Crippen LogP contribution < -0.4 is 5.32 Å². The molecule has 0 aliphatic heterocycles. The van der Waals surface area contributed by atoms with Crippen molar-refractivity contribution in [1.29, 1.82) is 0 Å². The number of nitrogens with zero attached hydrogens (tertiary/aromatic N) is 1. The molecule has 0 atom stereocenters. The van der Waals surface area contributed by atoms with E-state index in [4.69, 9.17) is 0 Å². The molecule has 1 amide bonds. The number of non-ortho nitro benzene ring substituents is 1. The van der Waals surface area contributed by atoms with Gasteiger partial charge < -0.3 is 5.32 Å². The van der Waals surface area contributed by atoms with Gasteiger partial charge in [-0.05, 0) is 24.0 Å². The van der Waals surface area contributed by atoms with E-state index in [1.54, 1.807) is 24.5 Å². The van der Waals surface area contributed by atoms with Gasteiger partial charge in [0.05, 0.1) is 10.5 Å². The number of hydrogen-bond donors (Lipinski definition) is 1. The molecule has 0 aromatic heterocycles. The Morgan fingerprint density at radius 3 is 2.73 bits per heavy atom. The molecule has 2 aromatic carbocycles. The maximum absolute atomic E-state index is 13.8. The number of halogens is 1. The number of carbonyl (C=O) groups is 1. The second kappa shape index (κ2) is 7.04. The van der Waals surface area contributed by atoms with Crippen LogP contribution in [0.25, 0.3) is 0 Å². The van der Waals surface area contributed by atoms with Crippen molar-refractivity contribution in [2.45, 2.75) is 11.4 Å². The Kier molecular flexibility index (Phi) is 5.11. The van der Waals surface area contributed by atoms with Crippen LogP contribution in [-0.2, 0) is 6.54 Å². The average Bonchev–Trinajstić information content (AvgIpc) is 2.52. The number of hydrogen-bond acceptors (Lipinski definition) is 4. The number of nitrogens with one attached hydrogen (secondary N) is 1. The molecule has 0 aliphatic rings. The number of carbonyl (C=O) groups excluding carboxylic acids is 1. The summed E-state index contributed by atoms with van der Waals surface area (Å²) in [5.41, 5.74) is 0.507. The fourth-order valence-electron chi connectivity index (χ4n) is 1.95. The maximum Gasteiger partial charge on any atom is 0.269 e. The number of nitro benzene ring substituents is 1. The van der Waals surface area contributed by atoms with Crippen LogP contribution >= 0.6 is 11.8 Å². The molecule has 0 saturated carbocycles. The third-order valence-corrected chi connectivity index (χ3v) is 3.78. The van der Waals surface area contributed by atoms with Crippen LogP contribution in [-0.4, -0.2) is 17.1 Å². The van der Waals surface area contributed by atoms with E-state index in [0.29, 0.717) is 10.5 Å². The molecule has 0 saturated heterocycles. The van der Waals surface area contributed by atoms with Gasteiger partial charge in [0.25, 0.3) is 11.6 Å². The first-order valence-electron chi connectivity index (χ1n) is 6.37. The molecule has 0 spiro atoms. The van der Waals surface area contributed by atoms with Crippen LogP contribution in [0.1, 0.15) is 15.9 Å². The lowest BCUT2D eigenvalue weighted by molar-refractivity contribution is -0.384. The predicted molar refractivity (Wildman–Crippen MR) is 82.4 cm³/mol. The summed E-state index contributed by atoms with van der Waals surface area (Å²) >= 11 is 1.28.